The zero-order valence-electron chi connectivity index (χ0n) is 13.7. The highest BCUT2D eigenvalue weighted by Gasteiger charge is 2.26. The predicted molar refractivity (Wildman–Crippen MR) is 92.9 cm³/mol. The van der Waals surface area contributed by atoms with E-state index in [9.17, 15) is 14.7 Å². The molecule has 0 bridgehead atoms. The van der Waals surface area contributed by atoms with Gasteiger partial charge in [0.2, 0.25) is 0 Å². The number of aromatic nitrogens is 1. The van der Waals surface area contributed by atoms with E-state index in [-0.39, 0.29) is 17.6 Å². The van der Waals surface area contributed by atoms with Gasteiger partial charge in [-0.05, 0) is 31.4 Å². The van der Waals surface area contributed by atoms with Gasteiger partial charge in [-0.25, -0.2) is 0 Å². The van der Waals surface area contributed by atoms with Gasteiger partial charge in [-0.15, -0.1) is 0 Å². The third-order valence-electron chi connectivity index (χ3n) is 4.71. The lowest BCUT2D eigenvalue weighted by atomic mass is 10.0. The minimum atomic E-state index is -0.396. The van der Waals surface area contributed by atoms with Gasteiger partial charge in [0, 0.05) is 23.7 Å². The molecule has 0 radical (unpaired) electrons. The normalized spacial score (nSPS) is 20.1. The van der Waals surface area contributed by atoms with Crippen LogP contribution in [-0.2, 0) is 0 Å². The van der Waals surface area contributed by atoms with Crippen LogP contribution in [0.15, 0.2) is 41.2 Å². The summed E-state index contributed by atoms with van der Waals surface area (Å²) in [6, 6.07) is 11.3. The molecule has 2 unspecified atom stereocenters. The summed E-state index contributed by atoms with van der Waals surface area (Å²) < 4.78 is 0. The van der Waals surface area contributed by atoms with E-state index in [1.165, 1.54) is 0 Å². The van der Waals surface area contributed by atoms with Crippen LogP contribution in [0.4, 0.5) is 0 Å². The quantitative estimate of drug-likeness (QED) is 0.806. The predicted octanol–water partition coefficient (Wildman–Crippen LogP) is 2.24. The van der Waals surface area contributed by atoms with E-state index < -0.39 is 11.5 Å². The topological polar surface area (TPSA) is 82.2 Å². The first-order chi connectivity index (χ1) is 11.6. The monoisotopic (exact) mass is 326 g/mol. The summed E-state index contributed by atoms with van der Waals surface area (Å²) >= 11 is 0. The van der Waals surface area contributed by atoms with E-state index in [1.807, 2.05) is 37.3 Å². The third kappa shape index (κ3) is 3.41. The first-order valence-electron chi connectivity index (χ1n) is 8.32. The van der Waals surface area contributed by atoms with Crippen LogP contribution in [0.2, 0.25) is 0 Å². The van der Waals surface area contributed by atoms with Crippen LogP contribution >= 0.6 is 0 Å². The maximum Gasteiger partial charge on any atom is 0.261 e. The fraction of sp³-hybridized carbons (Fsp3) is 0.368. The van der Waals surface area contributed by atoms with Gasteiger partial charge in [0.1, 0.15) is 5.56 Å². The van der Waals surface area contributed by atoms with Gasteiger partial charge in [0.05, 0.1) is 6.10 Å². The van der Waals surface area contributed by atoms with Crippen molar-refractivity contribution in [3.8, 4) is 11.1 Å². The minimum Gasteiger partial charge on any atom is -0.393 e. The molecule has 1 saturated carbocycles. The van der Waals surface area contributed by atoms with Gasteiger partial charge in [-0.2, -0.15) is 0 Å². The molecule has 3 rings (SSSR count). The van der Waals surface area contributed by atoms with Crippen molar-refractivity contribution in [2.75, 3.05) is 6.54 Å². The third-order valence-corrected chi connectivity index (χ3v) is 4.71. The lowest BCUT2D eigenvalue weighted by molar-refractivity contribution is 0.0915. The minimum absolute atomic E-state index is 0.0760. The number of aliphatic hydroxyl groups excluding tert-OH is 1. The van der Waals surface area contributed by atoms with Crippen molar-refractivity contribution < 1.29 is 9.90 Å². The molecular weight excluding hydrogens is 304 g/mol. The van der Waals surface area contributed by atoms with Crippen molar-refractivity contribution in [1.29, 1.82) is 0 Å². The number of aliphatic hydroxyl groups is 1. The second-order valence-electron chi connectivity index (χ2n) is 6.39. The van der Waals surface area contributed by atoms with Crippen LogP contribution < -0.4 is 10.9 Å². The van der Waals surface area contributed by atoms with E-state index in [0.29, 0.717) is 6.54 Å². The van der Waals surface area contributed by atoms with E-state index in [4.69, 9.17) is 0 Å². The van der Waals surface area contributed by atoms with Crippen molar-refractivity contribution in [3.63, 3.8) is 0 Å². The number of carbonyl (C=O) groups is 1. The Labute approximate surface area is 140 Å². The number of aromatic amines is 1. The number of aryl methyl sites for hydroxylation is 1. The van der Waals surface area contributed by atoms with Crippen LogP contribution in [-0.4, -0.2) is 28.6 Å². The molecule has 5 nitrogen and oxygen atoms in total. The van der Waals surface area contributed by atoms with Crippen molar-refractivity contribution >= 4 is 5.91 Å². The Bertz CT molecular complexity index is 783. The molecule has 0 saturated heterocycles. The molecule has 0 aliphatic heterocycles. The number of nitrogens with one attached hydrogen (secondary N) is 2. The molecule has 1 amide bonds. The van der Waals surface area contributed by atoms with Crippen molar-refractivity contribution in [1.82, 2.24) is 10.3 Å². The summed E-state index contributed by atoms with van der Waals surface area (Å²) in [5.41, 5.74) is 2.23. The summed E-state index contributed by atoms with van der Waals surface area (Å²) in [5, 5.41) is 12.6. The van der Waals surface area contributed by atoms with Crippen LogP contribution in [0.5, 0.6) is 0 Å². The van der Waals surface area contributed by atoms with Crippen molar-refractivity contribution in [2.24, 2.45) is 5.92 Å². The molecule has 24 heavy (non-hydrogen) atoms. The molecule has 1 aromatic carbocycles. The van der Waals surface area contributed by atoms with Gasteiger partial charge in [-0.1, -0.05) is 36.8 Å². The van der Waals surface area contributed by atoms with Gasteiger partial charge in [0.15, 0.2) is 0 Å². The molecule has 2 aromatic rings. The molecule has 1 heterocycles. The van der Waals surface area contributed by atoms with Gasteiger partial charge >= 0.3 is 0 Å². The van der Waals surface area contributed by atoms with Crippen molar-refractivity contribution in [2.45, 2.75) is 32.3 Å². The molecule has 3 N–H and O–H groups in total. The molecule has 5 heteroatoms. The number of amides is 1. The summed E-state index contributed by atoms with van der Waals surface area (Å²) in [6.45, 7) is 2.22. The molecular formula is C19H22N2O3. The molecule has 2 atom stereocenters. The summed E-state index contributed by atoms with van der Waals surface area (Å²) in [7, 11) is 0. The summed E-state index contributed by atoms with van der Waals surface area (Å²) in [4.78, 5) is 27.3. The van der Waals surface area contributed by atoms with Gasteiger partial charge < -0.3 is 15.4 Å². The average molecular weight is 326 g/mol. The fourth-order valence-corrected chi connectivity index (χ4v) is 3.28. The van der Waals surface area contributed by atoms with Crippen molar-refractivity contribution in [3.05, 3.63) is 58.0 Å². The second kappa shape index (κ2) is 7.01. The Morgan fingerprint density at radius 1 is 1.29 bits per heavy atom. The number of pyridine rings is 1. The SMILES string of the molecule is Cc1[nH]c(=O)c(C(=O)NCC2CCCC2O)cc1-c1ccccc1. The first kappa shape index (κ1) is 16.5. The summed E-state index contributed by atoms with van der Waals surface area (Å²) in [6.07, 6.45) is 2.30. The molecule has 1 fully saturated rings. The van der Waals surface area contributed by atoms with Crippen LogP contribution in [0.1, 0.15) is 35.3 Å². The zero-order chi connectivity index (χ0) is 17.1. The number of hydrogen-bond donors (Lipinski definition) is 3. The Kier molecular flexibility index (Phi) is 4.81. The maximum atomic E-state index is 12.4. The number of benzene rings is 1. The average Bonchev–Trinajstić information content (AvgIpc) is 2.98. The standard InChI is InChI=1S/C19H22N2O3/c1-12-15(13-6-3-2-4-7-13)10-16(19(24)21-12)18(23)20-11-14-8-5-9-17(14)22/h2-4,6-7,10,14,17,22H,5,8-9,11H2,1H3,(H,20,23)(H,21,24). The number of hydrogen-bond acceptors (Lipinski definition) is 3. The Balaban J connectivity index is 1.82. The fourth-order valence-electron chi connectivity index (χ4n) is 3.28. The number of carbonyl (C=O) groups excluding carboxylic acids is 1. The summed E-state index contributed by atoms with van der Waals surface area (Å²) in [5.74, 6) is -0.320. The van der Waals surface area contributed by atoms with E-state index >= 15 is 0 Å². The largest absolute Gasteiger partial charge is 0.393 e. The lowest BCUT2D eigenvalue weighted by Gasteiger charge is -2.15. The molecule has 1 aliphatic carbocycles. The highest BCUT2D eigenvalue weighted by Crippen LogP contribution is 2.25. The van der Waals surface area contributed by atoms with Crippen LogP contribution in [0.3, 0.4) is 0 Å². The van der Waals surface area contributed by atoms with Crippen LogP contribution in [0.25, 0.3) is 11.1 Å². The van der Waals surface area contributed by atoms with E-state index in [1.54, 1.807) is 6.07 Å². The highest BCUT2D eigenvalue weighted by molar-refractivity contribution is 5.95. The number of H-pyrrole nitrogens is 1. The van der Waals surface area contributed by atoms with Gasteiger partial charge in [-0.3, -0.25) is 9.59 Å². The molecule has 1 aromatic heterocycles. The second-order valence-corrected chi connectivity index (χ2v) is 6.39. The Hall–Kier alpha value is -2.40. The van der Waals surface area contributed by atoms with Gasteiger partial charge in [0.25, 0.3) is 11.5 Å². The Morgan fingerprint density at radius 2 is 2.04 bits per heavy atom. The first-order valence-corrected chi connectivity index (χ1v) is 8.32. The molecule has 0 spiro atoms. The smallest absolute Gasteiger partial charge is 0.261 e. The molecule has 126 valence electrons. The number of rotatable bonds is 4. The Morgan fingerprint density at radius 3 is 2.71 bits per heavy atom. The maximum absolute atomic E-state index is 12.4. The van der Waals surface area contributed by atoms with Crippen LogP contribution in [0, 0.1) is 12.8 Å². The lowest BCUT2D eigenvalue weighted by Crippen LogP contribution is -2.35. The van der Waals surface area contributed by atoms with E-state index in [2.05, 4.69) is 10.3 Å². The zero-order valence-corrected chi connectivity index (χ0v) is 13.7. The highest BCUT2D eigenvalue weighted by atomic mass is 16.3. The molecule has 1 aliphatic rings. The van der Waals surface area contributed by atoms with E-state index in [0.717, 1.165) is 36.1 Å².